The minimum Gasteiger partial charge on any atom is -0.349 e. The first-order valence-corrected chi connectivity index (χ1v) is 6.74. The summed E-state index contributed by atoms with van der Waals surface area (Å²) < 4.78 is 0.922. The lowest BCUT2D eigenvalue weighted by Crippen LogP contribution is -2.21. The van der Waals surface area contributed by atoms with Gasteiger partial charge in [0.1, 0.15) is 6.33 Å². The summed E-state index contributed by atoms with van der Waals surface area (Å²) in [5.74, 6) is 5.43. The van der Waals surface area contributed by atoms with Crippen LogP contribution in [0.4, 0.5) is 17.3 Å². The molecule has 1 aromatic carbocycles. The van der Waals surface area contributed by atoms with Crippen molar-refractivity contribution in [2.45, 2.75) is 6.54 Å². The number of nitrogens with one attached hydrogen (secondary N) is 1. The van der Waals surface area contributed by atoms with E-state index in [4.69, 9.17) is 5.84 Å². The lowest BCUT2D eigenvalue weighted by atomic mass is 10.2. The quantitative estimate of drug-likeness (QED) is 0.481. The fraction of sp³-hybridized carbons (Fsp3) is 0.167. The van der Waals surface area contributed by atoms with Crippen molar-refractivity contribution in [3.05, 3.63) is 50.7 Å². The minimum absolute atomic E-state index is 0.0241. The number of benzene rings is 1. The zero-order chi connectivity index (χ0) is 15.4. The molecule has 0 saturated carbocycles. The summed E-state index contributed by atoms with van der Waals surface area (Å²) in [6, 6.07) is 7.63. The van der Waals surface area contributed by atoms with Crippen LogP contribution in [0, 0.1) is 10.1 Å². The number of hydrogen-bond acceptors (Lipinski definition) is 7. The highest BCUT2D eigenvalue weighted by Gasteiger charge is 2.25. The van der Waals surface area contributed by atoms with Crippen LogP contribution in [0.15, 0.2) is 35.1 Å². The topological polar surface area (TPSA) is 110 Å². The van der Waals surface area contributed by atoms with Crippen molar-refractivity contribution in [2.24, 2.45) is 5.84 Å². The van der Waals surface area contributed by atoms with Crippen molar-refractivity contribution < 1.29 is 4.92 Å². The maximum Gasteiger partial charge on any atom is 0.354 e. The van der Waals surface area contributed by atoms with Crippen LogP contribution >= 0.6 is 15.9 Å². The van der Waals surface area contributed by atoms with Gasteiger partial charge in [-0.15, -0.1) is 0 Å². The molecule has 1 aromatic heterocycles. The van der Waals surface area contributed by atoms with E-state index in [1.165, 1.54) is 6.33 Å². The number of hydrogen-bond donors (Lipinski definition) is 2. The van der Waals surface area contributed by atoms with Gasteiger partial charge < -0.3 is 10.3 Å². The molecule has 0 fully saturated rings. The normalized spacial score (nSPS) is 10.2. The number of nitrogens with two attached hydrogens (primary N) is 1. The standard InChI is InChI=1S/C12H13BrN6O2/c1-18(6-8-4-2-3-5-9(8)13)12-10(19(20)21)11(17-14)15-7-16-12/h2-5,7H,6,14H2,1H3,(H,15,16,17). The Morgan fingerprint density at radius 2 is 2.14 bits per heavy atom. The zero-order valence-electron chi connectivity index (χ0n) is 11.2. The molecule has 0 spiro atoms. The van der Waals surface area contributed by atoms with Gasteiger partial charge in [-0.1, -0.05) is 34.1 Å². The summed E-state index contributed by atoms with van der Waals surface area (Å²) >= 11 is 3.45. The average molecular weight is 353 g/mol. The molecule has 2 aromatic rings. The molecule has 0 aliphatic carbocycles. The molecule has 0 unspecified atom stereocenters. The number of nitrogen functional groups attached to an aromatic ring is 1. The van der Waals surface area contributed by atoms with Gasteiger partial charge in [-0.25, -0.2) is 15.8 Å². The van der Waals surface area contributed by atoms with E-state index in [2.05, 4.69) is 31.3 Å². The highest BCUT2D eigenvalue weighted by Crippen LogP contribution is 2.31. The molecule has 3 N–H and O–H groups in total. The van der Waals surface area contributed by atoms with Gasteiger partial charge in [0, 0.05) is 18.1 Å². The fourth-order valence-corrected chi connectivity index (χ4v) is 2.29. The van der Waals surface area contributed by atoms with Gasteiger partial charge in [0.2, 0.25) is 11.6 Å². The monoisotopic (exact) mass is 352 g/mol. The molecule has 110 valence electrons. The van der Waals surface area contributed by atoms with Gasteiger partial charge in [-0.05, 0) is 11.6 Å². The molecule has 21 heavy (non-hydrogen) atoms. The molecular formula is C12H13BrN6O2. The Morgan fingerprint density at radius 1 is 1.43 bits per heavy atom. The molecule has 0 aliphatic rings. The molecule has 0 radical (unpaired) electrons. The van der Waals surface area contributed by atoms with Gasteiger partial charge in [-0.3, -0.25) is 10.1 Å². The maximum absolute atomic E-state index is 11.2. The summed E-state index contributed by atoms with van der Waals surface area (Å²) in [5, 5.41) is 11.2. The third-order valence-electron chi connectivity index (χ3n) is 2.85. The van der Waals surface area contributed by atoms with Crippen LogP contribution in [-0.4, -0.2) is 21.9 Å². The van der Waals surface area contributed by atoms with E-state index in [9.17, 15) is 10.1 Å². The highest BCUT2D eigenvalue weighted by molar-refractivity contribution is 9.10. The van der Waals surface area contributed by atoms with E-state index in [0.29, 0.717) is 6.54 Å². The molecule has 0 amide bonds. The predicted molar refractivity (Wildman–Crippen MR) is 82.7 cm³/mol. The van der Waals surface area contributed by atoms with Crippen molar-refractivity contribution in [2.75, 3.05) is 17.4 Å². The fourth-order valence-electron chi connectivity index (χ4n) is 1.88. The molecule has 0 atom stereocenters. The first kappa shape index (κ1) is 15.1. The smallest absolute Gasteiger partial charge is 0.349 e. The molecule has 2 rings (SSSR count). The van der Waals surface area contributed by atoms with Crippen LogP contribution in [0.5, 0.6) is 0 Å². The van der Waals surface area contributed by atoms with Crippen LogP contribution in [0.1, 0.15) is 5.56 Å². The average Bonchev–Trinajstić information content (AvgIpc) is 2.48. The number of nitrogens with zero attached hydrogens (tertiary/aromatic N) is 4. The molecule has 0 aliphatic heterocycles. The lowest BCUT2D eigenvalue weighted by molar-refractivity contribution is -0.383. The molecule has 9 heteroatoms. The van der Waals surface area contributed by atoms with Crippen molar-refractivity contribution >= 4 is 33.3 Å². The first-order chi connectivity index (χ1) is 10.0. The number of aromatic nitrogens is 2. The maximum atomic E-state index is 11.2. The third-order valence-corrected chi connectivity index (χ3v) is 3.62. The Bertz CT molecular complexity index is 666. The van der Waals surface area contributed by atoms with E-state index in [-0.39, 0.29) is 17.3 Å². The van der Waals surface area contributed by atoms with Crippen LogP contribution in [0.25, 0.3) is 0 Å². The van der Waals surface area contributed by atoms with E-state index in [1.54, 1.807) is 11.9 Å². The molecule has 8 nitrogen and oxygen atoms in total. The van der Waals surface area contributed by atoms with Gasteiger partial charge in [0.15, 0.2) is 0 Å². The second kappa shape index (κ2) is 6.46. The predicted octanol–water partition coefficient (Wildman–Crippen LogP) is 2.07. The van der Waals surface area contributed by atoms with Crippen LogP contribution in [-0.2, 0) is 6.54 Å². The molecule has 0 bridgehead atoms. The Balaban J connectivity index is 2.37. The van der Waals surface area contributed by atoms with Crippen LogP contribution in [0.3, 0.4) is 0 Å². The third kappa shape index (κ3) is 3.26. The van der Waals surface area contributed by atoms with Gasteiger partial charge in [0.05, 0.1) is 4.92 Å². The number of hydrazine groups is 1. The Kier molecular flexibility index (Phi) is 4.66. The Morgan fingerprint density at radius 3 is 2.76 bits per heavy atom. The molecular weight excluding hydrogens is 340 g/mol. The summed E-state index contributed by atoms with van der Waals surface area (Å²) in [6.45, 7) is 0.448. The van der Waals surface area contributed by atoms with E-state index < -0.39 is 4.92 Å². The summed E-state index contributed by atoms with van der Waals surface area (Å²) in [5.41, 5.74) is 2.95. The van der Waals surface area contributed by atoms with Crippen LogP contribution in [0.2, 0.25) is 0 Å². The summed E-state index contributed by atoms with van der Waals surface area (Å²) in [6.07, 6.45) is 1.23. The van der Waals surface area contributed by atoms with Crippen molar-refractivity contribution in [3.63, 3.8) is 0 Å². The summed E-state index contributed by atoms with van der Waals surface area (Å²) in [7, 11) is 1.72. The van der Waals surface area contributed by atoms with Gasteiger partial charge in [0.25, 0.3) is 0 Å². The van der Waals surface area contributed by atoms with E-state index in [1.807, 2.05) is 24.3 Å². The van der Waals surface area contributed by atoms with Crippen LogP contribution < -0.4 is 16.2 Å². The number of anilines is 2. The minimum atomic E-state index is -0.554. The second-order valence-electron chi connectivity index (χ2n) is 4.24. The Labute approximate surface area is 129 Å². The van der Waals surface area contributed by atoms with Gasteiger partial charge in [-0.2, -0.15) is 0 Å². The number of halogens is 1. The molecule has 0 saturated heterocycles. The van der Waals surface area contributed by atoms with Crippen molar-refractivity contribution in [1.82, 2.24) is 9.97 Å². The van der Waals surface area contributed by atoms with E-state index in [0.717, 1.165) is 10.0 Å². The lowest BCUT2D eigenvalue weighted by Gasteiger charge is -2.19. The highest BCUT2D eigenvalue weighted by atomic mass is 79.9. The second-order valence-corrected chi connectivity index (χ2v) is 5.10. The van der Waals surface area contributed by atoms with E-state index >= 15 is 0 Å². The number of rotatable bonds is 5. The number of nitro groups is 1. The van der Waals surface area contributed by atoms with Crippen molar-refractivity contribution in [3.8, 4) is 0 Å². The van der Waals surface area contributed by atoms with Gasteiger partial charge >= 0.3 is 5.69 Å². The summed E-state index contributed by atoms with van der Waals surface area (Å²) in [4.78, 5) is 20.1. The first-order valence-electron chi connectivity index (χ1n) is 5.95. The molecule has 1 heterocycles. The SMILES string of the molecule is CN(Cc1ccccc1Br)c1ncnc(NN)c1[N+](=O)[O-]. The largest absolute Gasteiger partial charge is 0.354 e. The zero-order valence-corrected chi connectivity index (χ0v) is 12.7. The van der Waals surface area contributed by atoms with Crippen molar-refractivity contribution in [1.29, 1.82) is 0 Å². The Hall–Kier alpha value is -2.26.